The van der Waals surface area contributed by atoms with Gasteiger partial charge >= 0.3 is 6.03 Å². The van der Waals surface area contributed by atoms with Gasteiger partial charge in [0, 0.05) is 19.7 Å². The topological polar surface area (TPSA) is 80.5 Å². The Morgan fingerprint density at radius 2 is 2.24 bits per heavy atom. The molecular formula is C14H22N4O3. The second-order valence-corrected chi connectivity index (χ2v) is 5.76. The molecular weight excluding hydrogens is 272 g/mol. The number of urea groups is 1. The van der Waals surface area contributed by atoms with E-state index in [2.05, 4.69) is 15.5 Å². The number of hydrogen-bond donors (Lipinski definition) is 1. The van der Waals surface area contributed by atoms with E-state index in [0.717, 1.165) is 45.1 Å². The average Bonchev–Trinajstić information content (AvgIpc) is 3.22. The molecule has 2 heterocycles. The molecule has 2 amide bonds. The first kappa shape index (κ1) is 14.3. The molecule has 3 rings (SSSR count). The van der Waals surface area contributed by atoms with Gasteiger partial charge in [0.1, 0.15) is 6.61 Å². The largest absolute Gasteiger partial charge is 0.375 e. The lowest BCUT2D eigenvalue weighted by Gasteiger charge is -2.27. The van der Waals surface area contributed by atoms with Gasteiger partial charge in [-0.15, -0.1) is 0 Å². The summed E-state index contributed by atoms with van der Waals surface area (Å²) in [5.74, 6) is 1.05. The van der Waals surface area contributed by atoms with Crippen molar-refractivity contribution in [3.05, 3.63) is 11.7 Å². The number of carbonyl (C=O) groups is 1. The van der Waals surface area contributed by atoms with Gasteiger partial charge in [-0.25, -0.2) is 4.79 Å². The quantitative estimate of drug-likeness (QED) is 0.918. The van der Waals surface area contributed by atoms with Gasteiger partial charge < -0.3 is 19.5 Å². The van der Waals surface area contributed by atoms with Crippen molar-refractivity contribution in [2.24, 2.45) is 0 Å². The van der Waals surface area contributed by atoms with Crippen molar-refractivity contribution in [2.75, 3.05) is 13.7 Å². The number of rotatable bonds is 4. The molecule has 1 aromatic rings. The number of ether oxygens (including phenoxy) is 1. The van der Waals surface area contributed by atoms with Crippen molar-refractivity contribution >= 4 is 6.03 Å². The SMILES string of the molecule is COCc1nc([C@H]2CCCCCN2C(=O)NC2CC2)no1. The Balaban J connectivity index is 1.74. The molecule has 1 N–H and O–H groups in total. The fraction of sp³-hybridized carbons (Fsp3) is 0.786. The molecule has 116 valence electrons. The van der Waals surface area contributed by atoms with E-state index in [9.17, 15) is 4.79 Å². The zero-order valence-corrected chi connectivity index (χ0v) is 12.4. The van der Waals surface area contributed by atoms with Crippen LogP contribution in [0.5, 0.6) is 0 Å². The van der Waals surface area contributed by atoms with Crippen molar-refractivity contribution in [2.45, 2.75) is 57.2 Å². The van der Waals surface area contributed by atoms with E-state index >= 15 is 0 Å². The van der Waals surface area contributed by atoms with E-state index in [4.69, 9.17) is 9.26 Å². The average molecular weight is 294 g/mol. The molecule has 0 bridgehead atoms. The van der Waals surface area contributed by atoms with Crippen LogP contribution in [0.3, 0.4) is 0 Å². The Labute approximate surface area is 124 Å². The minimum absolute atomic E-state index is 0.00231. The summed E-state index contributed by atoms with van der Waals surface area (Å²) in [6.07, 6.45) is 6.29. The molecule has 1 saturated heterocycles. The van der Waals surface area contributed by atoms with Gasteiger partial charge in [0.15, 0.2) is 5.82 Å². The number of aromatic nitrogens is 2. The van der Waals surface area contributed by atoms with E-state index in [1.807, 2.05) is 4.90 Å². The first-order chi connectivity index (χ1) is 10.3. The molecule has 7 heteroatoms. The second kappa shape index (κ2) is 6.43. The van der Waals surface area contributed by atoms with E-state index in [1.54, 1.807) is 7.11 Å². The lowest BCUT2D eigenvalue weighted by Crippen LogP contribution is -2.43. The van der Waals surface area contributed by atoms with Gasteiger partial charge in [-0.3, -0.25) is 0 Å². The molecule has 1 aliphatic heterocycles. The van der Waals surface area contributed by atoms with E-state index in [-0.39, 0.29) is 12.1 Å². The Bertz CT molecular complexity index is 486. The molecule has 7 nitrogen and oxygen atoms in total. The maximum atomic E-state index is 12.4. The normalized spacial score (nSPS) is 22.9. The first-order valence-electron chi connectivity index (χ1n) is 7.66. The second-order valence-electron chi connectivity index (χ2n) is 5.76. The minimum Gasteiger partial charge on any atom is -0.375 e. The van der Waals surface area contributed by atoms with E-state index < -0.39 is 0 Å². The summed E-state index contributed by atoms with van der Waals surface area (Å²) in [6.45, 7) is 1.05. The first-order valence-corrected chi connectivity index (χ1v) is 7.66. The van der Waals surface area contributed by atoms with Crippen LogP contribution in [-0.2, 0) is 11.3 Å². The van der Waals surface area contributed by atoms with Crippen molar-refractivity contribution < 1.29 is 14.1 Å². The number of methoxy groups -OCH3 is 1. The number of nitrogens with zero attached hydrogens (tertiary/aromatic N) is 3. The molecule has 1 saturated carbocycles. The van der Waals surface area contributed by atoms with E-state index in [1.165, 1.54) is 0 Å². The third-order valence-electron chi connectivity index (χ3n) is 3.97. The highest BCUT2D eigenvalue weighted by Crippen LogP contribution is 2.29. The zero-order chi connectivity index (χ0) is 14.7. The highest BCUT2D eigenvalue weighted by atomic mass is 16.5. The number of hydrogen-bond acceptors (Lipinski definition) is 5. The Hall–Kier alpha value is -1.63. The Kier molecular flexibility index (Phi) is 4.38. The molecule has 1 atom stereocenters. The van der Waals surface area contributed by atoms with Crippen molar-refractivity contribution in [1.82, 2.24) is 20.4 Å². The lowest BCUT2D eigenvalue weighted by molar-refractivity contribution is 0.151. The summed E-state index contributed by atoms with van der Waals surface area (Å²) in [6, 6.07) is 0.263. The standard InChI is InChI=1S/C14H22N4O3/c1-20-9-12-16-13(17-21-12)11-5-3-2-4-8-18(11)14(19)15-10-6-7-10/h10-11H,2-9H2,1H3,(H,15,19)/t11-/m1/s1. The van der Waals surface area contributed by atoms with Gasteiger partial charge in [-0.2, -0.15) is 4.98 Å². The molecule has 2 aliphatic rings. The van der Waals surface area contributed by atoms with Gasteiger partial charge in [0.05, 0.1) is 6.04 Å². The summed E-state index contributed by atoms with van der Waals surface area (Å²) in [5, 5.41) is 7.10. The molecule has 21 heavy (non-hydrogen) atoms. The molecule has 1 aliphatic carbocycles. The molecule has 0 radical (unpaired) electrons. The van der Waals surface area contributed by atoms with Gasteiger partial charge in [-0.1, -0.05) is 18.0 Å². The summed E-state index contributed by atoms with van der Waals surface area (Å²) in [5.41, 5.74) is 0. The number of amides is 2. The molecule has 0 aromatic carbocycles. The van der Waals surface area contributed by atoms with Gasteiger partial charge in [-0.05, 0) is 25.7 Å². The van der Waals surface area contributed by atoms with Crippen LogP contribution in [0.25, 0.3) is 0 Å². The van der Waals surface area contributed by atoms with Crippen LogP contribution in [0.15, 0.2) is 4.52 Å². The van der Waals surface area contributed by atoms with Crippen LogP contribution in [0, 0.1) is 0 Å². The zero-order valence-electron chi connectivity index (χ0n) is 12.4. The van der Waals surface area contributed by atoms with Crippen LogP contribution in [-0.4, -0.2) is 40.8 Å². The van der Waals surface area contributed by atoms with E-state index in [0.29, 0.717) is 24.4 Å². The van der Waals surface area contributed by atoms with Crippen LogP contribution < -0.4 is 5.32 Å². The number of carbonyl (C=O) groups excluding carboxylic acids is 1. The predicted octanol–water partition coefficient (Wildman–Crippen LogP) is 2.01. The maximum Gasteiger partial charge on any atom is 0.318 e. The highest BCUT2D eigenvalue weighted by molar-refractivity contribution is 5.75. The smallest absolute Gasteiger partial charge is 0.318 e. The lowest BCUT2D eigenvalue weighted by atomic mass is 10.1. The predicted molar refractivity (Wildman–Crippen MR) is 74.5 cm³/mol. The van der Waals surface area contributed by atoms with Crippen molar-refractivity contribution in [3.8, 4) is 0 Å². The monoisotopic (exact) mass is 294 g/mol. The number of nitrogens with one attached hydrogen (secondary N) is 1. The van der Waals surface area contributed by atoms with Crippen molar-refractivity contribution in [3.63, 3.8) is 0 Å². The van der Waals surface area contributed by atoms with Gasteiger partial charge in [0.25, 0.3) is 5.89 Å². The fourth-order valence-electron chi connectivity index (χ4n) is 2.69. The third-order valence-corrected chi connectivity index (χ3v) is 3.97. The Morgan fingerprint density at radius 3 is 3.00 bits per heavy atom. The minimum atomic E-state index is -0.0967. The Morgan fingerprint density at radius 1 is 1.38 bits per heavy atom. The van der Waals surface area contributed by atoms with Gasteiger partial charge in [0.2, 0.25) is 0 Å². The van der Waals surface area contributed by atoms with Crippen LogP contribution in [0.1, 0.15) is 56.3 Å². The summed E-state index contributed by atoms with van der Waals surface area (Å²) in [7, 11) is 1.59. The number of likely N-dealkylation sites (tertiary alicyclic amines) is 1. The molecule has 0 spiro atoms. The highest BCUT2D eigenvalue weighted by Gasteiger charge is 2.33. The molecule has 1 aromatic heterocycles. The summed E-state index contributed by atoms with van der Waals surface area (Å²) < 4.78 is 10.2. The van der Waals surface area contributed by atoms with Crippen molar-refractivity contribution in [1.29, 1.82) is 0 Å². The molecule has 2 fully saturated rings. The fourth-order valence-corrected chi connectivity index (χ4v) is 2.69. The van der Waals surface area contributed by atoms with Crippen LogP contribution >= 0.6 is 0 Å². The third kappa shape index (κ3) is 3.53. The van der Waals surface area contributed by atoms with Crippen LogP contribution in [0.4, 0.5) is 4.79 Å². The molecule has 0 unspecified atom stereocenters. The maximum absolute atomic E-state index is 12.4. The van der Waals surface area contributed by atoms with Crippen LogP contribution in [0.2, 0.25) is 0 Å². The summed E-state index contributed by atoms with van der Waals surface area (Å²) >= 11 is 0. The summed E-state index contributed by atoms with van der Waals surface area (Å²) in [4.78, 5) is 18.7.